The van der Waals surface area contributed by atoms with Crippen molar-refractivity contribution in [2.24, 2.45) is 0 Å². The van der Waals surface area contributed by atoms with Gasteiger partial charge in [0.1, 0.15) is 5.82 Å². The van der Waals surface area contributed by atoms with Crippen LogP contribution in [-0.4, -0.2) is 22.2 Å². The van der Waals surface area contributed by atoms with Gasteiger partial charge < -0.3 is 15.6 Å². The standard InChI is InChI=1S/C12H11Br2N3O2/c1-5-9(14)11(15)17-12(16-5)6-3-7(13)10(18)8(4-6)19-2/h3-4,18H,1-2H3,(H2,15,16,17). The summed E-state index contributed by atoms with van der Waals surface area (Å²) in [7, 11) is 1.48. The van der Waals surface area contributed by atoms with E-state index in [0.717, 1.165) is 5.69 Å². The Morgan fingerprint density at radius 2 is 1.95 bits per heavy atom. The van der Waals surface area contributed by atoms with Crippen LogP contribution in [0.25, 0.3) is 11.4 Å². The van der Waals surface area contributed by atoms with Crippen LogP contribution in [0.3, 0.4) is 0 Å². The molecule has 0 radical (unpaired) electrons. The number of aromatic nitrogens is 2. The van der Waals surface area contributed by atoms with Gasteiger partial charge in [0.2, 0.25) is 0 Å². The minimum atomic E-state index is 0.0352. The lowest BCUT2D eigenvalue weighted by atomic mass is 10.2. The number of aryl methyl sites for hydroxylation is 1. The molecule has 0 bridgehead atoms. The van der Waals surface area contributed by atoms with Gasteiger partial charge in [0, 0.05) is 5.56 Å². The van der Waals surface area contributed by atoms with Crippen LogP contribution in [0.1, 0.15) is 5.69 Å². The van der Waals surface area contributed by atoms with Crippen LogP contribution in [0.15, 0.2) is 21.1 Å². The number of nitrogens with two attached hydrogens (primary N) is 1. The molecule has 0 aliphatic heterocycles. The summed E-state index contributed by atoms with van der Waals surface area (Å²) >= 11 is 6.58. The predicted octanol–water partition coefficient (Wildman–Crippen LogP) is 3.27. The number of benzene rings is 1. The first-order valence-corrected chi connectivity index (χ1v) is 6.89. The van der Waals surface area contributed by atoms with Gasteiger partial charge in [-0.05, 0) is 50.9 Å². The third kappa shape index (κ3) is 2.66. The van der Waals surface area contributed by atoms with E-state index in [1.165, 1.54) is 7.11 Å². The summed E-state index contributed by atoms with van der Waals surface area (Å²) in [5.74, 6) is 1.21. The molecule has 0 saturated carbocycles. The van der Waals surface area contributed by atoms with Crippen LogP contribution in [0, 0.1) is 6.92 Å². The molecule has 5 nitrogen and oxygen atoms in total. The normalized spacial score (nSPS) is 10.5. The van der Waals surface area contributed by atoms with Gasteiger partial charge in [-0.15, -0.1) is 0 Å². The Bertz CT molecular complexity index is 624. The molecule has 1 aromatic carbocycles. The molecule has 0 amide bonds. The number of methoxy groups -OCH3 is 1. The number of phenolic OH excluding ortho intramolecular Hbond substituents is 1. The van der Waals surface area contributed by atoms with Crippen molar-refractivity contribution in [2.45, 2.75) is 6.92 Å². The average molecular weight is 389 g/mol. The fourth-order valence-corrected chi connectivity index (χ4v) is 2.19. The van der Waals surface area contributed by atoms with E-state index < -0.39 is 0 Å². The van der Waals surface area contributed by atoms with E-state index >= 15 is 0 Å². The molecule has 1 heterocycles. The van der Waals surface area contributed by atoms with Crippen molar-refractivity contribution >= 4 is 37.7 Å². The number of rotatable bonds is 2. The van der Waals surface area contributed by atoms with Gasteiger partial charge in [0.05, 0.1) is 21.7 Å². The lowest BCUT2D eigenvalue weighted by molar-refractivity contribution is 0.372. The number of halogens is 2. The Hall–Kier alpha value is -1.34. The molecule has 19 heavy (non-hydrogen) atoms. The molecule has 0 unspecified atom stereocenters. The van der Waals surface area contributed by atoms with Gasteiger partial charge in [0.15, 0.2) is 17.3 Å². The van der Waals surface area contributed by atoms with Gasteiger partial charge in [-0.1, -0.05) is 0 Å². The number of hydrogen-bond acceptors (Lipinski definition) is 5. The van der Waals surface area contributed by atoms with E-state index in [-0.39, 0.29) is 5.75 Å². The van der Waals surface area contributed by atoms with Crippen molar-refractivity contribution in [3.05, 3.63) is 26.8 Å². The molecule has 7 heteroatoms. The molecule has 0 aliphatic carbocycles. The largest absolute Gasteiger partial charge is 0.503 e. The highest BCUT2D eigenvalue weighted by Crippen LogP contribution is 2.38. The minimum absolute atomic E-state index is 0.0352. The minimum Gasteiger partial charge on any atom is -0.503 e. The summed E-state index contributed by atoms with van der Waals surface area (Å²) in [6.07, 6.45) is 0. The van der Waals surface area contributed by atoms with E-state index in [4.69, 9.17) is 10.5 Å². The summed E-state index contributed by atoms with van der Waals surface area (Å²) in [6.45, 7) is 1.83. The van der Waals surface area contributed by atoms with Crippen LogP contribution in [0.4, 0.5) is 5.82 Å². The Balaban J connectivity index is 2.62. The highest BCUT2D eigenvalue weighted by Gasteiger charge is 2.13. The van der Waals surface area contributed by atoms with E-state index in [9.17, 15) is 5.11 Å². The fraction of sp³-hybridized carbons (Fsp3) is 0.167. The quantitative estimate of drug-likeness (QED) is 0.824. The second kappa shape index (κ2) is 5.34. The number of ether oxygens (including phenoxy) is 1. The molecule has 0 spiro atoms. The second-order valence-electron chi connectivity index (χ2n) is 3.84. The Morgan fingerprint density at radius 1 is 1.26 bits per heavy atom. The zero-order valence-electron chi connectivity index (χ0n) is 10.2. The average Bonchev–Trinajstić information content (AvgIpc) is 2.38. The Kier molecular flexibility index (Phi) is 3.96. The summed E-state index contributed by atoms with van der Waals surface area (Å²) in [6, 6.07) is 3.36. The van der Waals surface area contributed by atoms with Crippen LogP contribution < -0.4 is 10.5 Å². The Labute approximate surface area is 127 Å². The number of phenols is 1. The van der Waals surface area contributed by atoms with Crippen LogP contribution >= 0.6 is 31.9 Å². The van der Waals surface area contributed by atoms with Crippen molar-refractivity contribution < 1.29 is 9.84 Å². The topological polar surface area (TPSA) is 81.3 Å². The van der Waals surface area contributed by atoms with Gasteiger partial charge in [-0.3, -0.25) is 0 Å². The first kappa shape index (κ1) is 14.1. The zero-order chi connectivity index (χ0) is 14.2. The van der Waals surface area contributed by atoms with Gasteiger partial charge in [0.25, 0.3) is 0 Å². The van der Waals surface area contributed by atoms with Crippen molar-refractivity contribution in [3.8, 4) is 22.9 Å². The molecule has 0 saturated heterocycles. The SMILES string of the molecule is COc1cc(-c2nc(C)c(Br)c(N)n2)cc(Br)c1O. The monoisotopic (exact) mass is 387 g/mol. The molecule has 100 valence electrons. The predicted molar refractivity (Wildman–Crippen MR) is 80.2 cm³/mol. The maximum Gasteiger partial charge on any atom is 0.172 e. The first-order valence-electron chi connectivity index (χ1n) is 5.30. The highest BCUT2D eigenvalue weighted by molar-refractivity contribution is 9.11. The van der Waals surface area contributed by atoms with Crippen molar-refractivity contribution in [2.75, 3.05) is 12.8 Å². The van der Waals surface area contributed by atoms with Crippen molar-refractivity contribution in [3.63, 3.8) is 0 Å². The Morgan fingerprint density at radius 3 is 2.53 bits per heavy atom. The van der Waals surface area contributed by atoms with E-state index in [1.54, 1.807) is 12.1 Å². The van der Waals surface area contributed by atoms with E-state index in [2.05, 4.69) is 41.8 Å². The molecule has 2 aromatic rings. The maximum atomic E-state index is 9.78. The molecule has 3 N–H and O–H groups in total. The van der Waals surface area contributed by atoms with Crippen molar-refractivity contribution in [1.82, 2.24) is 9.97 Å². The number of nitrogens with zero attached hydrogens (tertiary/aromatic N) is 2. The molecule has 0 aliphatic rings. The second-order valence-corrected chi connectivity index (χ2v) is 5.49. The number of anilines is 1. The summed E-state index contributed by atoms with van der Waals surface area (Å²) in [5.41, 5.74) is 7.25. The lowest BCUT2D eigenvalue weighted by Gasteiger charge is -2.10. The number of hydrogen-bond donors (Lipinski definition) is 2. The molecule has 2 rings (SSSR count). The summed E-state index contributed by atoms with van der Waals surface area (Å²) in [4.78, 5) is 8.57. The van der Waals surface area contributed by atoms with E-state index in [1.807, 2.05) is 6.92 Å². The molecule has 1 aromatic heterocycles. The molecular weight excluding hydrogens is 378 g/mol. The smallest absolute Gasteiger partial charge is 0.172 e. The fourth-order valence-electron chi connectivity index (χ4n) is 1.57. The van der Waals surface area contributed by atoms with Crippen LogP contribution in [-0.2, 0) is 0 Å². The van der Waals surface area contributed by atoms with Crippen LogP contribution in [0.5, 0.6) is 11.5 Å². The maximum absolute atomic E-state index is 9.78. The molecule has 0 atom stereocenters. The van der Waals surface area contributed by atoms with Gasteiger partial charge in [-0.25, -0.2) is 9.97 Å². The molecule has 0 fully saturated rings. The zero-order valence-corrected chi connectivity index (χ0v) is 13.4. The molecular formula is C12H11Br2N3O2. The summed E-state index contributed by atoms with van der Waals surface area (Å²) in [5, 5.41) is 9.78. The van der Waals surface area contributed by atoms with Gasteiger partial charge >= 0.3 is 0 Å². The lowest BCUT2D eigenvalue weighted by Crippen LogP contribution is -2.00. The number of aromatic hydroxyl groups is 1. The third-order valence-electron chi connectivity index (χ3n) is 2.55. The summed E-state index contributed by atoms with van der Waals surface area (Å²) < 4.78 is 6.28. The highest BCUT2D eigenvalue weighted by atomic mass is 79.9. The van der Waals surface area contributed by atoms with Crippen molar-refractivity contribution in [1.29, 1.82) is 0 Å². The van der Waals surface area contributed by atoms with Gasteiger partial charge in [-0.2, -0.15) is 0 Å². The van der Waals surface area contributed by atoms with Crippen LogP contribution in [0.2, 0.25) is 0 Å². The number of nitrogen functional groups attached to an aromatic ring is 1. The van der Waals surface area contributed by atoms with E-state index in [0.29, 0.717) is 31.9 Å². The third-order valence-corrected chi connectivity index (χ3v) is 4.13. The first-order chi connectivity index (χ1) is 8.93.